The van der Waals surface area contributed by atoms with Crippen molar-refractivity contribution in [2.75, 3.05) is 13.7 Å². The van der Waals surface area contributed by atoms with Crippen molar-refractivity contribution in [1.29, 1.82) is 0 Å². The van der Waals surface area contributed by atoms with Crippen molar-refractivity contribution in [2.24, 2.45) is 0 Å². The number of rotatable bonds is 5. The summed E-state index contributed by atoms with van der Waals surface area (Å²) in [4.78, 5) is 1.11. The minimum absolute atomic E-state index is 0.180. The smallest absolute Gasteiger partial charge is 0.132 e. The van der Waals surface area contributed by atoms with Crippen molar-refractivity contribution in [3.63, 3.8) is 0 Å². The van der Waals surface area contributed by atoms with Crippen LogP contribution in [0.2, 0.25) is 0 Å². The maximum absolute atomic E-state index is 9.08. The third-order valence-corrected chi connectivity index (χ3v) is 3.56. The first kappa shape index (κ1) is 13.4. The molecule has 0 aliphatic rings. The molecule has 2 nitrogen and oxygen atoms in total. The molecule has 1 rings (SSSR count). The van der Waals surface area contributed by atoms with E-state index >= 15 is 0 Å². The van der Waals surface area contributed by atoms with Crippen LogP contribution in [0, 0.1) is 0 Å². The Morgan fingerprint density at radius 1 is 1.31 bits per heavy atom. The Bertz CT molecular complexity index is 337. The predicted molar refractivity (Wildman–Crippen MR) is 69.5 cm³/mol. The number of hydrogen-bond donors (Lipinski definition) is 1. The van der Waals surface area contributed by atoms with Crippen LogP contribution in [0.3, 0.4) is 0 Å². The summed E-state index contributed by atoms with van der Waals surface area (Å²) in [6.07, 6.45) is 0. The van der Waals surface area contributed by atoms with E-state index in [0.29, 0.717) is 5.92 Å². The maximum Gasteiger partial charge on any atom is 0.132 e. The van der Waals surface area contributed by atoms with Gasteiger partial charge in [0.15, 0.2) is 0 Å². The number of aliphatic hydroxyl groups is 1. The summed E-state index contributed by atoms with van der Waals surface area (Å²) < 4.78 is 5.32. The third-order valence-electron chi connectivity index (χ3n) is 2.44. The lowest BCUT2D eigenvalue weighted by molar-refractivity contribution is 0.300. The molecule has 0 aliphatic carbocycles. The van der Waals surface area contributed by atoms with Crippen molar-refractivity contribution in [1.82, 2.24) is 0 Å². The summed E-state index contributed by atoms with van der Waals surface area (Å²) in [6, 6.07) is 6.25. The Morgan fingerprint density at radius 2 is 2.00 bits per heavy atom. The van der Waals surface area contributed by atoms with E-state index in [-0.39, 0.29) is 11.9 Å². The van der Waals surface area contributed by atoms with Crippen molar-refractivity contribution >= 4 is 11.8 Å². The van der Waals surface area contributed by atoms with Crippen LogP contribution >= 0.6 is 11.8 Å². The number of thioether (sulfide) groups is 1. The van der Waals surface area contributed by atoms with Crippen LogP contribution in [0.4, 0.5) is 0 Å². The zero-order chi connectivity index (χ0) is 12.1. The second-order valence-electron chi connectivity index (χ2n) is 4.18. The molecule has 0 radical (unpaired) electrons. The van der Waals surface area contributed by atoms with E-state index in [2.05, 4.69) is 26.0 Å². The fourth-order valence-corrected chi connectivity index (χ4v) is 2.38. The van der Waals surface area contributed by atoms with Gasteiger partial charge in [0.2, 0.25) is 0 Å². The second-order valence-corrected chi connectivity index (χ2v) is 5.66. The first-order chi connectivity index (χ1) is 7.58. The molecule has 1 unspecified atom stereocenters. The van der Waals surface area contributed by atoms with E-state index in [1.54, 1.807) is 18.9 Å². The van der Waals surface area contributed by atoms with Gasteiger partial charge in [-0.25, -0.2) is 0 Å². The summed E-state index contributed by atoms with van der Waals surface area (Å²) in [5.74, 6) is 1.39. The minimum atomic E-state index is 0.180. The molecule has 1 aromatic carbocycles. The largest absolute Gasteiger partial charge is 0.496 e. The molecule has 0 spiro atoms. The molecule has 1 N–H and O–H groups in total. The van der Waals surface area contributed by atoms with Gasteiger partial charge in [0, 0.05) is 10.1 Å². The quantitative estimate of drug-likeness (QED) is 0.801. The number of methoxy groups -OCH3 is 1. The number of hydrogen-bond acceptors (Lipinski definition) is 3. The molecule has 90 valence electrons. The maximum atomic E-state index is 9.08. The highest BCUT2D eigenvalue weighted by molar-refractivity contribution is 8.00. The fraction of sp³-hybridized carbons (Fsp3) is 0.538. The highest BCUT2D eigenvalue weighted by Gasteiger charge is 2.10. The zero-order valence-electron chi connectivity index (χ0n) is 10.4. The van der Waals surface area contributed by atoms with Crippen molar-refractivity contribution in [3.8, 4) is 5.75 Å². The van der Waals surface area contributed by atoms with Crippen molar-refractivity contribution < 1.29 is 9.84 Å². The third kappa shape index (κ3) is 3.42. The van der Waals surface area contributed by atoms with Gasteiger partial charge in [-0.1, -0.05) is 26.8 Å². The highest BCUT2D eigenvalue weighted by atomic mass is 32.2. The Hall–Kier alpha value is -0.670. The Kier molecular flexibility index (Phi) is 5.16. The van der Waals surface area contributed by atoms with Gasteiger partial charge in [-0.05, 0) is 23.6 Å². The van der Waals surface area contributed by atoms with Gasteiger partial charge in [-0.2, -0.15) is 0 Å². The summed E-state index contributed by atoms with van der Waals surface area (Å²) >= 11 is 1.65. The molecule has 0 heterocycles. The molecule has 0 saturated heterocycles. The summed E-state index contributed by atoms with van der Waals surface area (Å²) in [5.41, 5.74) is 1.30. The van der Waals surface area contributed by atoms with Crippen LogP contribution in [-0.4, -0.2) is 24.1 Å². The molecule has 0 aliphatic heterocycles. The van der Waals surface area contributed by atoms with Gasteiger partial charge in [0.25, 0.3) is 0 Å². The average molecular weight is 240 g/mol. The van der Waals surface area contributed by atoms with E-state index in [9.17, 15) is 0 Å². The molecule has 0 saturated carbocycles. The van der Waals surface area contributed by atoms with Gasteiger partial charge in [0.05, 0.1) is 13.7 Å². The summed E-state index contributed by atoms with van der Waals surface area (Å²) in [7, 11) is 1.68. The van der Waals surface area contributed by atoms with E-state index in [0.717, 1.165) is 10.6 Å². The Labute approximate surface area is 102 Å². The van der Waals surface area contributed by atoms with Crippen molar-refractivity contribution in [2.45, 2.75) is 36.8 Å². The normalized spacial score (nSPS) is 12.9. The second kappa shape index (κ2) is 6.16. The van der Waals surface area contributed by atoms with Crippen LogP contribution in [-0.2, 0) is 0 Å². The minimum Gasteiger partial charge on any atom is -0.496 e. The molecule has 0 aromatic heterocycles. The lowest BCUT2D eigenvalue weighted by Gasteiger charge is -2.14. The SMILES string of the molecule is COc1ccc(C(C)C)cc1SC(C)CO. The predicted octanol–water partition coefficient (Wildman–Crippen LogP) is 3.29. The number of ether oxygens (including phenoxy) is 1. The molecule has 1 atom stereocenters. The van der Waals surface area contributed by atoms with E-state index in [1.165, 1.54) is 5.56 Å². The van der Waals surface area contributed by atoms with Gasteiger partial charge >= 0.3 is 0 Å². The van der Waals surface area contributed by atoms with Gasteiger partial charge in [-0.15, -0.1) is 11.8 Å². The van der Waals surface area contributed by atoms with Gasteiger partial charge < -0.3 is 9.84 Å². The van der Waals surface area contributed by atoms with E-state index < -0.39 is 0 Å². The lowest BCUT2D eigenvalue weighted by atomic mass is 10.0. The topological polar surface area (TPSA) is 29.5 Å². The van der Waals surface area contributed by atoms with Gasteiger partial charge in [-0.3, -0.25) is 0 Å². The van der Waals surface area contributed by atoms with Crippen LogP contribution < -0.4 is 4.74 Å². The molecule has 0 bridgehead atoms. The number of aliphatic hydroxyl groups excluding tert-OH is 1. The molecule has 0 fully saturated rings. The van der Waals surface area contributed by atoms with Crippen LogP contribution in [0.1, 0.15) is 32.3 Å². The zero-order valence-corrected chi connectivity index (χ0v) is 11.2. The fourth-order valence-electron chi connectivity index (χ4n) is 1.40. The van der Waals surface area contributed by atoms with E-state index in [1.807, 2.05) is 13.0 Å². The lowest BCUT2D eigenvalue weighted by Crippen LogP contribution is -2.02. The highest BCUT2D eigenvalue weighted by Crippen LogP contribution is 2.34. The van der Waals surface area contributed by atoms with Crippen LogP contribution in [0.5, 0.6) is 5.75 Å². The van der Waals surface area contributed by atoms with Crippen LogP contribution in [0.25, 0.3) is 0 Å². The van der Waals surface area contributed by atoms with Gasteiger partial charge in [0.1, 0.15) is 5.75 Å². The van der Waals surface area contributed by atoms with Crippen molar-refractivity contribution in [3.05, 3.63) is 23.8 Å². The Morgan fingerprint density at radius 3 is 2.50 bits per heavy atom. The monoisotopic (exact) mass is 240 g/mol. The standard InChI is InChI=1S/C13H20O2S/c1-9(2)11-5-6-12(15-4)13(7-11)16-10(3)8-14/h5-7,9-10,14H,8H2,1-4H3. The molecule has 1 aromatic rings. The molecule has 16 heavy (non-hydrogen) atoms. The molecule has 3 heteroatoms. The average Bonchev–Trinajstić information content (AvgIpc) is 2.28. The molecular weight excluding hydrogens is 220 g/mol. The molecular formula is C13H20O2S. The Balaban J connectivity index is 2.97. The molecule has 0 amide bonds. The van der Waals surface area contributed by atoms with E-state index in [4.69, 9.17) is 9.84 Å². The van der Waals surface area contributed by atoms with Crippen LogP contribution in [0.15, 0.2) is 23.1 Å². The summed E-state index contributed by atoms with van der Waals surface area (Å²) in [5, 5.41) is 9.27. The first-order valence-electron chi connectivity index (χ1n) is 5.54. The summed E-state index contributed by atoms with van der Waals surface area (Å²) in [6.45, 7) is 6.53. The number of benzene rings is 1. The first-order valence-corrected chi connectivity index (χ1v) is 6.42.